The number of nitro groups is 1. The lowest BCUT2D eigenvalue weighted by atomic mass is 10.1. The van der Waals surface area contributed by atoms with Gasteiger partial charge in [-0.3, -0.25) is 10.1 Å². The smallest absolute Gasteiger partial charge is 0.282 e. The Bertz CT molecular complexity index is 1040. The van der Waals surface area contributed by atoms with Crippen LogP contribution >= 0.6 is 0 Å². The molecule has 3 aliphatic rings. The molecule has 32 heavy (non-hydrogen) atoms. The maximum Gasteiger partial charge on any atom is 0.282 e. The Morgan fingerprint density at radius 3 is 2.34 bits per heavy atom. The van der Waals surface area contributed by atoms with Crippen LogP contribution in [0.1, 0.15) is 18.4 Å². The van der Waals surface area contributed by atoms with Gasteiger partial charge in [-0.05, 0) is 18.9 Å². The van der Waals surface area contributed by atoms with Gasteiger partial charge in [-0.25, -0.2) is 5.43 Å². The lowest BCUT2D eigenvalue weighted by Crippen LogP contribution is -2.38. The molecule has 13 nitrogen and oxygen atoms in total. The number of anilines is 3. The fourth-order valence-corrected chi connectivity index (χ4v) is 3.74. The summed E-state index contributed by atoms with van der Waals surface area (Å²) in [5, 5.41) is 15.6. The molecule has 0 atom stereocenters. The van der Waals surface area contributed by atoms with E-state index in [1.807, 2.05) is 4.90 Å². The summed E-state index contributed by atoms with van der Waals surface area (Å²) < 4.78 is 16.0. The Balaban J connectivity index is 1.40. The van der Waals surface area contributed by atoms with Gasteiger partial charge in [-0.2, -0.15) is 20.1 Å². The topological polar surface area (TPSA) is 140 Å². The van der Waals surface area contributed by atoms with Crippen LogP contribution in [0.25, 0.3) is 0 Å². The number of hydrogen-bond acceptors (Lipinski definition) is 12. The summed E-state index contributed by atoms with van der Waals surface area (Å²) in [5.74, 6) is 2.18. The van der Waals surface area contributed by atoms with Crippen molar-refractivity contribution in [1.29, 1.82) is 0 Å². The summed E-state index contributed by atoms with van der Waals surface area (Å²) >= 11 is 0. The van der Waals surface area contributed by atoms with Gasteiger partial charge in [0.05, 0.1) is 36.0 Å². The molecule has 0 unspecified atom stereocenters. The number of nitrogens with one attached hydrogen (secondary N) is 1. The average Bonchev–Trinajstić information content (AvgIpc) is 3.51. The second-order valence-corrected chi connectivity index (χ2v) is 7.44. The highest BCUT2D eigenvalue weighted by Crippen LogP contribution is 2.37. The zero-order valence-corrected chi connectivity index (χ0v) is 17.3. The number of ether oxygens (including phenoxy) is 3. The van der Waals surface area contributed by atoms with Gasteiger partial charge in [0.25, 0.3) is 5.69 Å². The predicted octanol–water partition coefficient (Wildman–Crippen LogP) is 1.39. The average molecular weight is 442 g/mol. The molecule has 3 aliphatic heterocycles. The van der Waals surface area contributed by atoms with E-state index in [1.54, 1.807) is 0 Å². The van der Waals surface area contributed by atoms with E-state index in [1.165, 1.54) is 18.3 Å². The van der Waals surface area contributed by atoms with Crippen LogP contribution in [0, 0.1) is 10.1 Å². The fourth-order valence-electron chi connectivity index (χ4n) is 3.74. The van der Waals surface area contributed by atoms with Crippen LogP contribution in [-0.4, -0.2) is 72.3 Å². The fraction of sp³-hybridized carbons (Fsp3) is 0.474. The highest BCUT2D eigenvalue weighted by atomic mass is 16.7. The van der Waals surface area contributed by atoms with Crippen LogP contribution in [0.4, 0.5) is 23.5 Å². The highest BCUT2D eigenvalue weighted by Gasteiger charge is 2.23. The van der Waals surface area contributed by atoms with Gasteiger partial charge in [-0.1, -0.05) is 0 Å². The minimum atomic E-state index is -0.492. The molecule has 0 aliphatic carbocycles. The van der Waals surface area contributed by atoms with E-state index in [-0.39, 0.29) is 24.0 Å². The highest BCUT2D eigenvalue weighted by molar-refractivity contribution is 5.87. The van der Waals surface area contributed by atoms with Gasteiger partial charge < -0.3 is 24.0 Å². The van der Waals surface area contributed by atoms with Gasteiger partial charge in [0.1, 0.15) is 0 Å². The number of nitrogens with zero attached hydrogens (tertiary/aromatic N) is 7. The number of rotatable bonds is 6. The van der Waals surface area contributed by atoms with Crippen molar-refractivity contribution in [3.8, 4) is 11.5 Å². The van der Waals surface area contributed by atoms with Crippen molar-refractivity contribution < 1.29 is 19.1 Å². The van der Waals surface area contributed by atoms with Gasteiger partial charge in [0.15, 0.2) is 11.5 Å². The molecule has 2 fully saturated rings. The molecule has 168 valence electrons. The van der Waals surface area contributed by atoms with Gasteiger partial charge in [0, 0.05) is 26.2 Å². The first kappa shape index (κ1) is 20.2. The second-order valence-electron chi connectivity index (χ2n) is 7.44. The van der Waals surface area contributed by atoms with E-state index in [9.17, 15) is 10.1 Å². The van der Waals surface area contributed by atoms with E-state index in [2.05, 4.69) is 30.4 Å². The summed E-state index contributed by atoms with van der Waals surface area (Å²) in [5.41, 5.74) is 2.93. The van der Waals surface area contributed by atoms with Crippen molar-refractivity contribution in [3.63, 3.8) is 0 Å². The van der Waals surface area contributed by atoms with Gasteiger partial charge >= 0.3 is 0 Å². The van der Waals surface area contributed by atoms with Gasteiger partial charge in [-0.15, -0.1) is 0 Å². The molecular formula is C19H22N8O5. The van der Waals surface area contributed by atoms with E-state index in [0.29, 0.717) is 49.7 Å². The molecular weight excluding hydrogens is 420 g/mol. The molecule has 1 N–H and O–H groups in total. The van der Waals surface area contributed by atoms with Crippen LogP contribution in [0.3, 0.4) is 0 Å². The minimum Gasteiger partial charge on any atom is -0.454 e. The second kappa shape index (κ2) is 8.78. The third-order valence-corrected chi connectivity index (χ3v) is 5.38. The molecule has 1 aromatic heterocycles. The number of morpholine rings is 1. The maximum absolute atomic E-state index is 11.4. The summed E-state index contributed by atoms with van der Waals surface area (Å²) in [6.07, 6.45) is 3.52. The number of nitro benzene ring substituents is 1. The van der Waals surface area contributed by atoms with Crippen molar-refractivity contribution in [2.45, 2.75) is 12.8 Å². The Morgan fingerprint density at radius 1 is 1.00 bits per heavy atom. The summed E-state index contributed by atoms with van der Waals surface area (Å²) in [4.78, 5) is 28.7. The monoisotopic (exact) mass is 442 g/mol. The first-order valence-corrected chi connectivity index (χ1v) is 10.4. The third kappa shape index (κ3) is 4.19. The molecule has 0 saturated carbocycles. The Labute approximate surface area is 183 Å². The molecule has 0 bridgehead atoms. The maximum atomic E-state index is 11.4. The molecule has 0 amide bonds. The summed E-state index contributed by atoms with van der Waals surface area (Å²) in [7, 11) is 0. The number of hydrazone groups is 1. The molecule has 2 saturated heterocycles. The quantitative estimate of drug-likeness (QED) is 0.394. The molecule has 1 aromatic carbocycles. The zero-order chi connectivity index (χ0) is 21.9. The Morgan fingerprint density at radius 2 is 1.66 bits per heavy atom. The van der Waals surface area contributed by atoms with Crippen molar-refractivity contribution in [3.05, 3.63) is 27.8 Å². The van der Waals surface area contributed by atoms with Crippen LogP contribution in [0.15, 0.2) is 17.2 Å². The molecule has 4 heterocycles. The summed E-state index contributed by atoms with van der Waals surface area (Å²) in [6, 6.07) is 2.85. The molecule has 5 rings (SSSR count). The standard InChI is InChI=1S/C19H22N8O5/c28-27(29)14-10-16-15(31-12-32-16)9-13(14)11-20-24-17-21-18(25-3-1-2-4-25)23-19(22-17)26-5-7-30-8-6-26/h9-11H,1-8,12H2,(H,21,22,23,24)/b20-11-. The van der Waals surface area contributed by atoms with Crippen LogP contribution in [-0.2, 0) is 4.74 Å². The largest absolute Gasteiger partial charge is 0.454 e. The lowest BCUT2D eigenvalue weighted by molar-refractivity contribution is -0.385. The summed E-state index contributed by atoms with van der Waals surface area (Å²) in [6.45, 7) is 4.40. The van der Waals surface area contributed by atoms with Crippen molar-refractivity contribution in [1.82, 2.24) is 15.0 Å². The van der Waals surface area contributed by atoms with Crippen molar-refractivity contribution in [2.75, 3.05) is 61.4 Å². The van der Waals surface area contributed by atoms with Crippen molar-refractivity contribution >= 4 is 29.7 Å². The Kier molecular flexibility index (Phi) is 5.54. The Hall–Kier alpha value is -3.74. The first-order valence-electron chi connectivity index (χ1n) is 10.4. The molecule has 0 spiro atoms. The molecule has 2 aromatic rings. The number of fused-ring (bicyclic) bond motifs is 1. The molecule has 0 radical (unpaired) electrons. The van der Waals surface area contributed by atoms with Crippen LogP contribution in [0.5, 0.6) is 11.5 Å². The number of hydrogen-bond donors (Lipinski definition) is 1. The van der Waals surface area contributed by atoms with E-state index in [4.69, 9.17) is 14.2 Å². The first-order chi connectivity index (χ1) is 15.7. The van der Waals surface area contributed by atoms with E-state index >= 15 is 0 Å². The number of aromatic nitrogens is 3. The molecule has 13 heteroatoms. The predicted molar refractivity (Wildman–Crippen MR) is 115 cm³/mol. The minimum absolute atomic E-state index is 0.0276. The van der Waals surface area contributed by atoms with Crippen LogP contribution in [0.2, 0.25) is 0 Å². The van der Waals surface area contributed by atoms with Crippen LogP contribution < -0.4 is 24.7 Å². The SMILES string of the molecule is O=[N+]([O-])c1cc2c(cc1/C=N\Nc1nc(N3CCCC3)nc(N3CCOCC3)n1)OCO2. The lowest BCUT2D eigenvalue weighted by Gasteiger charge is -2.27. The van der Waals surface area contributed by atoms with Gasteiger partial charge in [0.2, 0.25) is 24.6 Å². The zero-order valence-electron chi connectivity index (χ0n) is 17.3. The number of benzene rings is 1. The van der Waals surface area contributed by atoms with E-state index in [0.717, 1.165) is 25.9 Å². The third-order valence-electron chi connectivity index (χ3n) is 5.38. The normalized spacial score (nSPS) is 17.9. The van der Waals surface area contributed by atoms with Crippen molar-refractivity contribution in [2.24, 2.45) is 5.10 Å². The van der Waals surface area contributed by atoms with E-state index < -0.39 is 4.92 Å².